The Hall–Kier alpha value is -0.780. The lowest BCUT2D eigenvalue weighted by Crippen LogP contribution is -1.95. The summed E-state index contributed by atoms with van der Waals surface area (Å²) in [7, 11) is 0. The molecule has 60 valence electrons. The van der Waals surface area contributed by atoms with Crippen molar-refractivity contribution in [3.05, 3.63) is 36.5 Å². The van der Waals surface area contributed by atoms with Crippen LogP contribution < -0.4 is 0 Å². The third-order valence-electron chi connectivity index (χ3n) is 1.95. The van der Waals surface area contributed by atoms with Crippen molar-refractivity contribution in [3.63, 3.8) is 0 Å². The van der Waals surface area contributed by atoms with Crippen LogP contribution in [-0.2, 0) is 0 Å². The molecule has 0 unspecified atom stereocenters. The van der Waals surface area contributed by atoms with Crippen molar-refractivity contribution in [2.75, 3.05) is 0 Å². The molecule has 11 heavy (non-hydrogen) atoms. The summed E-state index contributed by atoms with van der Waals surface area (Å²) in [5.74, 6) is 0.694. The van der Waals surface area contributed by atoms with Gasteiger partial charge in [-0.2, -0.15) is 0 Å². The highest BCUT2D eigenvalue weighted by Crippen LogP contribution is 2.17. The first-order chi connectivity index (χ1) is 5.43. The van der Waals surface area contributed by atoms with Crippen molar-refractivity contribution < 1.29 is 0 Å². The summed E-state index contributed by atoms with van der Waals surface area (Å²) in [6.07, 6.45) is 17.1. The predicted octanol–water partition coefficient (Wildman–Crippen LogP) is 3.48. The Morgan fingerprint density at radius 1 is 1.36 bits per heavy atom. The molecule has 0 fully saturated rings. The summed E-state index contributed by atoms with van der Waals surface area (Å²) < 4.78 is 0. The first-order valence-corrected chi connectivity index (χ1v) is 4.39. The number of hydrogen-bond donors (Lipinski definition) is 0. The number of allylic oxidation sites excluding steroid dienone is 6. The first kappa shape index (κ1) is 8.32. The lowest BCUT2D eigenvalue weighted by molar-refractivity contribution is 0.631. The van der Waals surface area contributed by atoms with Crippen molar-refractivity contribution in [3.8, 4) is 0 Å². The lowest BCUT2D eigenvalue weighted by Gasteiger charge is -2.10. The predicted molar refractivity (Wildman–Crippen MR) is 50.4 cm³/mol. The van der Waals surface area contributed by atoms with Gasteiger partial charge >= 0.3 is 0 Å². The summed E-state index contributed by atoms with van der Waals surface area (Å²) in [5.41, 5.74) is 0. The van der Waals surface area contributed by atoms with Gasteiger partial charge < -0.3 is 0 Å². The van der Waals surface area contributed by atoms with E-state index in [2.05, 4.69) is 36.5 Å². The van der Waals surface area contributed by atoms with E-state index >= 15 is 0 Å². The standard InChI is InChI=1S/C11H16/c1-2-3-5-8-11-9-6-4-7-10-11/h2-3,5-6,8-9,11H,4,7,10H2,1H3/b3-2+,8-5+/t11-/m0/s1. The molecular formula is C11H16. The fourth-order valence-corrected chi connectivity index (χ4v) is 1.32. The van der Waals surface area contributed by atoms with Crippen LogP contribution in [0.5, 0.6) is 0 Å². The van der Waals surface area contributed by atoms with Crippen molar-refractivity contribution in [1.82, 2.24) is 0 Å². The third kappa shape index (κ3) is 3.22. The van der Waals surface area contributed by atoms with Gasteiger partial charge in [0.25, 0.3) is 0 Å². The maximum absolute atomic E-state index is 2.31. The lowest BCUT2D eigenvalue weighted by atomic mass is 9.96. The third-order valence-corrected chi connectivity index (χ3v) is 1.95. The fraction of sp³-hybridized carbons (Fsp3) is 0.455. The second-order valence-corrected chi connectivity index (χ2v) is 2.93. The molecule has 0 nitrogen and oxygen atoms in total. The van der Waals surface area contributed by atoms with E-state index < -0.39 is 0 Å². The van der Waals surface area contributed by atoms with E-state index in [9.17, 15) is 0 Å². The molecule has 0 amide bonds. The SMILES string of the molecule is C/C=C/C=C/[C@H]1C=CCCC1. The van der Waals surface area contributed by atoms with Crippen LogP contribution in [0, 0.1) is 5.92 Å². The van der Waals surface area contributed by atoms with E-state index in [1.807, 2.05) is 6.92 Å². The van der Waals surface area contributed by atoms with E-state index in [0.717, 1.165) is 0 Å². The van der Waals surface area contributed by atoms with Gasteiger partial charge in [-0.3, -0.25) is 0 Å². The highest BCUT2D eigenvalue weighted by atomic mass is 14.1. The zero-order chi connectivity index (χ0) is 7.94. The van der Waals surface area contributed by atoms with Gasteiger partial charge in [0, 0.05) is 0 Å². The van der Waals surface area contributed by atoms with Gasteiger partial charge in [0.15, 0.2) is 0 Å². The van der Waals surface area contributed by atoms with Crippen molar-refractivity contribution >= 4 is 0 Å². The van der Waals surface area contributed by atoms with Gasteiger partial charge in [0.05, 0.1) is 0 Å². The number of hydrogen-bond acceptors (Lipinski definition) is 0. The fourth-order valence-electron chi connectivity index (χ4n) is 1.32. The smallest absolute Gasteiger partial charge is 0.00503 e. The highest BCUT2D eigenvalue weighted by molar-refractivity contribution is 5.09. The van der Waals surface area contributed by atoms with Gasteiger partial charge in [0.1, 0.15) is 0 Å². The van der Waals surface area contributed by atoms with Crippen LogP contribution in [0.15, 0.2) is 36.5 Å². The van der Waals surface area contributed by atoms with E-state index in [1.165, 1.54) is 19.3 Å². The van der Waals surface area contributed by atoms with Gasteiger partial charge in [-0.15, -0.1) is 0 Å². The van der Waals surface area contributed by atoms with E-state index in [-0.39, 0.29) is 0 Å². The van der Waals surface area contributed by atoms with Crippen LogP contribution in [0.3, 0.4) is 0 Å². The molecule has 0 heteroatoms. The van der Waals surface area contributed by atoms with Crippen LogP contribution in [0.1, 0.15) is 26.2 Å². The summed E-state index contributed by atoms with van der Waals surface area (Å²) >= 11 is 0. The Balaban J connectivity index is 2.35. The molecule has 1 rings (SSSR count). The van der Waals surface area contributed by atoms with Crippen LogP contribution in [-0.4, -0.2) is 0 Å². The van der Waals surface area contributed by atoms with Gasteiger partial charge in [-0.25, -0.2) is 0 Å². The molecular weight excluding hydrogens is 132 g/mol. The topological polar surface area (TPSA) is 0 Å². The Kier molecular flexibility index (Phi) is 3.74. The van der Waals surface area contributed by atoms with Gasteiger partial charge in [0.2, 0.25) is 0 Å². The maximum atomic E-state index is 2.31. The number of rotatable bonds is 2. The summed E-state index contributed by atoms with van der Waals surface area (Å²) in [6.45, 7) is 2.04. The molecule has 1 aliphatic rings. The molecule has 0 saturated heterocycles. The Labute approximate surface area is 69.3 Å². The molecule has 1 atom stereocenters. The Morgan fingerprint density at radius 2 is 2.27 bits per heavy atom. The monoisotopic (exact) mass is 148 g/mol. The molecule has 0 saturated carbocycles. The zero-order valence-corrected chi connectivity index (χ0v) is 7.16. The zero-order valence-electron chi connectivity index (χ0n) is 7.16. The summed E-state index contributed by atoms with van der Waals surface area (Å²) in [6, 6.07) is 0. The van der Waals surface area contributed by atoms with Crippen LogP contribution in [0.2, 0.25) is 0 Å². The van der Waals surface area contributed by atoms with E-state index in [4.69, 9.17) is 0 Å². The van der Waals surface area contributed by atoms with Crippen molar-refractivity contribution in [1.29, 1.82) is 0 Å². The van der Waals surface area contributed by atoms with Crippen molar-refractivity contribution in [2.45, 2.75) is 26.2 Å². The molecule has 0 aromatic heterocycles. The van der Waals surface area contributed by atoms with Crippen LogP contribution >= 0.6 is 0 Å². The van der Waals surface area contributed by atoms with Gasteiger partial charge in [-0.1, -0.05) is 36.5 Å². The molecule has 0 aromatic rings. The second kappa shape index (κ2) is 4.95. The molecule has 0 heterocycles. The summed E-state index contributed by atoms with van der Waals surface area (Å²) in [4.78, 5) is 0. The highest BCUT2D eigenvalue weighted by Gasteiger charge is 2.02. The Morgan fingerprint density at radius 3 is 2.91 bits per heavy atom. The average Bonchev–Trinajstić information content (AvgIpc) is 2.07. The largest absolute Gasteiger partial charge is 0.0879 e. The van der Waals surface area contributed by atoms with Crippen LogP contribution in [0.4, 0.5) is 0 Å². The average molecular weight is 148 g/mol. The Bertz CT molecular complexity index is 172. The normalized spacial score (nSPS) is 25.4. The minimum absolute atomic E-state index is 0.694. The quantitative estimate of drug-likeness (QED) is 0.415. The van der Waals surface area contributed by atoms with Crippen LogP contribution in [0.25, 0.3) is 0 Å². The molecule has 0 spiro atoms. The minimum Gasteiger partial charge on any atom is -0.0879 e. The first-order valence-electron chi connectivity index (χ1n) is 4.39. The second-order valence-electron chi connectivity index (χ2n) is 2.93. The maximum Gasteiger partial charge on any atom is -0.00503 e. The molecule has 0 aliphatic heterocycles. The summed E-state index contributed by atoms with van der Waals surface area (Å²) in [5, 5.41) is 0. The molecule has 1 aliphatic carbocycles. The molecule has 0 aromatic carbocycles. The van der Waals surface area contributed by atoms with E-state index in [1.54, 1.807) is 0 Å². The minimum atomic E-state index is 0.694. The van der Waals surface area contributed by atoms with Gasteiger partial charge in [-0.05, 0) is 32.1 Å². The molecule has 0 bridgehead atoms. The molecule has 0 N–H and O–H groups in total. The van der Waals surface area contributed by atoms with E-state index in [0.29, 0.717) is 5.92 Å². The molecule has 0 radical (unpaired) electrons. The van der Waals surface area contributed by atoms with Crippen molar-refractivity contribution in [2.24, 2.45) is 5.92 Å².